The summed E-state index contributed by atoms with van der Waals surface area (Å²) in [5.41, 5.74) is 7.56. The number of nitrogens with zero attached hydrogens (tertiary/aromatic N) is 4. The zero-order chi connectivity index (χ0) is 22.7. The Morgan fingerprint density at radius 1 is 1.31 bits per heavy atom. The monoisotopic (exact) mass is 515 g/mol. The van der Waals surface area contributed by atoms with Gasteiger partial charge in [-0.25, -0.2) is 9.97 Å². The third-order valence-corrected chi connectivity index (χ3v) is 6.87. The number of aromatic nitrogens is 2. The molecule has 1 aliphatic rings. The Balaban J connectivity index is 1.48. The number of nitrogens with two attached hydrogens (primary N) is 1. The lowest BCUT2D eigenvalue weighted by Gasteiger charge is -2.40. The predicted molar refractivity (Wildman–Crippen MR) is 128 cm³/mol. The van der Waals surface area contributed by atoms with Crippen LogP contribution in [0.25, 0.3) is 17.0 Å². The molecular formula is C22H22BrN5O3S. The molecule has 1 atom stereocenters. The van der Waals surface area contributed by atoms with Crippen molar-refractivity contribution in [3.05, 3.63) is 57.0 Å². The third-order valence-electron chi connectivity index (χ3n) is 5.28. The van der Waals surface area contributed by atoms with Gasteiger partial charge >= 0.3 is 0 Å². The van der Waals surface area contributed by atoms with Crippen LogP contribution in [0.3, 0.4) is 0 Å². The molecule has 1 saturated heterocycles. The van der Waals surface area contributed by atoms with Gasteiger partial charge in [-0.05, 0) is 51.8 Å². The van der Waals surface area contributed by atoms with Crippen LogP contribution < -0.4 is 5.73 Å². The Morgan fingerprint density at radius 2 is 2.16 bits per heavy atom. The van der Waals surface area contributed by atoms with Gasteiger partial charge in [-0.2, -0.15) is 0 Å². The van der Waals surface area contributed by atoms with E-state index in [0.717, 1.165) is 25.1 Å². The molecule has 0 bridgehead atoms. The normalized spacial score (nSPS) is 16.9. The van der Waals surface area contributed by atoms with E-state index in [1.165, 1.54) is 30.8 Å². The highest BCUT2D eigenvalue weighted by molar-refractivity contribution is 9.11. The molecule has 0 radical (unpaired) electrons. The molecule has 0 aliphatic carbocycles. The number of hydrogen-bond donors (Lipinski definition) is 1. The van der Waals surface area contributed by atoms with Crippen LogP contribution in [0.5, 0.6) is 0 Å². The van der Waals surface area contributed by atoms with Gasteiger partial charge in [-0.15, -0.1) is 11.3 Å². The summed E-state index contributed by atoms with van der Waals surface area (Å²) in [7, 11) is 1.53. The van der Waals surface area contributed by atoms with E-state index >= 15 is 0 Å². The smallest absolute Gasteiger partial charge is 0.248 e. The molecule has 2 N–H and O–H groups in total. The molecule has 3 aromatic rings. The number of nitrogen functional groups attached to an aromatic ring is 1. The van der Waals surface area contributed by atoms with E-state index < -0.39 is 6.04 Å². The van der Waals surface area contributed by atoms with Crippen LogP contribution in [0.1, 0.15) is 10.4 Å². The lowest BCUT2D eigenvalue weighted by Crippen LogP contribution is -2.59. The van der Waals surface area contributed by atoms with Gasteiger partial charge in [0.25, 0.3) is 0 Å². The van der Waals surface area contributed by atoms with Crippen LogP contribution >= 0.6 is 27.3 Å². The molecule has 32 heavy (non-hydrogen) atoms. The second-order valence-electron chi connectivity index (χ2n) is 7.35. The van der Waals surface area contributed by atoms with Gasteiger partial charge < -0.3 is 20.3 Å². The van der Waals surface area contributed by atoms with Crippen LogP contribution in [-0.2, 0) is 20.9 Å². The quantitative estimate of drug-likeness (QED) is 0.506. The van der Waals surface area contributed by atoms with Crippen LogP contribution in [0.4, 0.5) is 5.82 Å². The Labute approximate surface area is 197 Å². The molecule has 10 heteroatoms. The van der Waals surface area contributed by atoms with Crippen molar-refractivity contribution in [3.8, 4) is 0 Å². The summed E-state index contributed by atoms with van der Waals surface area (Å²) in [4.78, 5) is 38.6. The van der Waals surface area contributed by atoms with E-state index in [1.54, 1.807) is 15.9 Å². The molecule has 0 unspecified atom stereocenters. The first kappa shape index (κ1) is 22.4. The second kappa shape index (κ2) is 9.76. The fourth-order valence-corrected chi connectivity index (χ4v) is 5.01. The first-order valence-electron chi connectivity index (χ1n) is 9.97. The lowest BCUT2D eigenvalue weighted by atomic mass is 10.1. The number of fused-ring (bicyclic) bond motifs is 1. The van der Waals surface area contributed by atoms with Crippen molar-refractivity contribution in [2.24, 2.45) is 0 Å². The summed E-state index contributed by atoms with van der Waals surface area (Å²) in [5.74, 6) is 0.0799. The molecule has 2 aromatic heterocycles. The van der Waals surface area contributed by atoms with Crippen LogP contribution in [0.15, 0.2) is 46.5 Å². The molecule has 166 valence electrons. The maximum Gasteiger partial charge on any atom is 0.248 e. The van der Waals surface area contributed by atoms with Crippen molar-refractivity contribution >= 4 is 61.9 Å². The SMILES string of the molecule is COC[C@H]1C(=O)N(Cc2ccc3c(N)ncnc3c2)CCN1C(=O)C=Cc1ccc(Br)s1. The van der Waals surface area contributed by atoms with E-state index in [4.69, 9.17) is 10.5 Å². The fourth-order valence-electron chi connectivity index (χ4n) is 3.69. The number of anilines is 1. The van der Waals surface area contributed by atoms with Crippen molar-refractivity contribution in [3.63, 3.8) is 0 Å². The number of halogens is 1. The van der Waals surface area contributed by atoms with Crippen molar-refractivity contribution in [2.75, 3.05) is 32.5 Å². The highest BCUT2D eigenvalue weighted by atomic mass is 79.9. The van der Waals surface area contributed by atoms with E-state index in [9.17, 15) is 9.59 Å². The summed E-state index contributed by atoms with van der Waals surface area (Å²) in [6.07, 6.45) is 4.70. The van der Waals surface area contributed by atoms with E-state index in [1.807, 2.05) is 30.3 Å². The summed E-state index contributed by atoms with van der Waals surface area (Å²) in [6, 6.07) is 8.88. The Hall–Kier alpha value is -2.82. The Morgan fingerprint density at radius 3 is 2.91 bits per heavy atom. The number of piperazine rings is 1. The molecule has 1 aliphatic heterocycles. The van der Waals surface area contributed by atoms with Gasteiger partial charge in [0.15, 0.2) is 0 Å². The van der Waals surface area contributed by atoms with Crippen LogP contribution in [0.2, 0.25) is 0 Å². The highest BCUT2D eigenvalue weighted by Crippen LogP contribution is 2.24. The number of hydrogen-bond acceptors (Lipinski definition) is 7. The summed E-state index contributed by atoms with van der Waals surface area (Å²) in [5, 5.41) is 0.778. The molecule has 1 aromatic carbocycles. The first-order valence-corrected chi connectivity index (χ1v) is 11.6. The molecule has 1 fully saturated rings. The summed E-state index contributed by atoms with van der Waals surface area (Å²) >= 11 is 4.95. The zero-order valence-electron chi connectivity index (χ0n) is 17.4. The minimum absolute atomic E-state index is 0.138. The highest BCUT2D eigenvalue weighted by Gasteiger charge is 2.36. The standard InChI is InChI=1S/C22H22BrN5O3S/c1-31-12-18-22(30)27(11-14-2-5-16-17(10-14)25-13-26-21(16)24)8-9-28(18)20(29)7-4-15-3-6-19(23)32-15/h2-7,10,13,18H,8-9,11-12H2,1H3,(H2,24,25,26)/t18-/m0/s1. The lowest BCUT2D eigenvalue weighted by molar-refractivity contribution is -0.152. The van der Waals surface area contributed by atoms with Crippen molar-refractivity contribution < 1.29 is 14.3 Å². The molecule has 3 heterocycles. The number of carbonyl (C=O) groups is 2. The van der Waals surface area contributed by atoms with Gasteiger partial charge in [0.1, 0.15) is 18.2 Å². The van der Waals surface area contributed by atoms with Crippen molar-refractivity contribution in [1.29, 1.82) is 0 Å². The maximum absolute atomic E-state index is 13.2. The van der Waals surface area contributed by atoms with Gasteiger partial charge in [0, 0.05) is 43.1 Å². The van der Waals surface area contributed by atoms with E-state index in [2.05, 4.69) is 25.9 Å². The minimum Gasteiger partial charge on any atom is -0.383 e. The average Bonchev–Trinajstić information content (AvgIpc) is 3.20. The zero-order valence-corrected chi connectivity index (χ0v) is 19.8. The second-order valence-corrected chi connectivity index (χ2v) is 9.84. The largest absolute Gasteiger partial charge is 0.383 e. The van der Waals surface area contributed by atoms with Crippen molar-refractivity contribution in [2.45, 2.75) is 12.6 Å². The molecule has 0 spiro atoms. The predicted octanol–water partition coefficient (Wildman–Crippen LogP) is 2.94. The van der Waals surface area contributed by atoms with E-state index in [0.29, 0.717) is 25.5 Å². The van der Waals surface area contributed by atoms with E-state index in [-0.39, 0.29) is 18.4 Å². The number of amides is 2. The first-order chi connectivity index (χ1) is 15.5. The summed E-state index contributed by atoms with van der Waals surface area (Å²) < 4.78 is 6.26. The summed E-state index contributed by atoms with van der Waals surface area (Å²) in [6.45, 7) is 1.42. The number of thiophene rings is 1. The van der Waals surface area contributed by atoms with Gasteiger partial charge in [-0.3, -0.25) is 9.59 Å². The molecule has 8 nitrogen and oxygen atoms in total. The van der Waals surface area contributed by atoms with Crippen molar-refractivity contribution in [1.82, 2.24) is 19.8 Å². The Kier molecular flexibility index (Phi) is 6.83. The van der Waals surface area contributed by atoms with Crippen LogP contribution in [0, 0.1) is 0 Å². The number of benzene rings is 1. The van der Waals surface area contributed by atoms with Gasteiger partial charge in [0.05, 0.1) is 15.9 Å². The molecule has 4 rings (SSSR count). The number of rotatable bonds is 6. The number of methoxy groups -OCH3 is 1. The average molecular weight is 516 g/mol. The topological polar surface area (TPSA) is 102 Å². The van der Waals surface area contributed by atoms with Gasteiger partial charge in [0.2, 0.25) is 11.8 Å². The molecule has 0 saturated carbocycles. The number of carbonyl (C=O) groups excluding carboxylic acids is 2. The molecule has 2 amide bonds. The molecular weight excluding hydrogens is 494 g/mol. The van der Waals surface area contributed by atoms with Crippen LogP contribution in [-0.4, -0.2) is 64.4 Å². The number of ether oxygens (including phenoxy) is 1. The third kappa shape index (κ3) is 4.82. The fraction of sp³-hybridized carbons (Fsp3) is 0.273. The maximum atomic E-state index is 13.2. The van der Waals surface area contributed by atoms with Gasteiger partial charge in [-0.1, -0.05) is 6.07 Å². The Bertz CT molecular complexity index is 1180. The minimum atomic E-state index is -0.667.